The summed E-state index contributed by atoms with van der Waals surface area (Å²) in [4.78, 5) is 11.2. The highest BCUT2D eigenvalue weighted by Crippen LogP contribution is 2.34. The monoisotopic (exact) mass is 263 g/mol. The molecule has 0 aliphatic heterocycles. The van der Waals surface area contributed by atoms with Crippen LogP contribution in [0, 0.1) is 6.92 Å². The molecule has 0 radical (unpaired) electrons. The topological polar surface area (TPSA) is 81.8 Å². The number of rotatable bonds is 4. The SMILES string of the molecule is COc1ccc(-c2onc(C)c2C(=O)O)cc1OC. The minimum atomic E-state index is -1.08. The highest BCUT2D eigenvalue weighted by atomic mass is 16.5. The lowest BCUT2D eigenvalue weighted by Crippen LogP contribution is -1.99. The predicted octanol–water partition coefficient (Wildman–Crippen LogP) is 2.37. The normalized spacial score (nSPS) is 10.3. The molecular weight excluding hydrogens is 250 g/mol. The average molecular weight is 263 g/mol. The van der Waals surface area contributed by atoms with Crippen LogP contribution in [0.15, 0.2) is 22.7 Å². The average Bonchev–Trinajstić information content (AvgIpc) is 2.79. The summed E-state index contributed by atoms with van der Waals surface area (Å²) in [6.07, 6.45) is 0. The van der Waals surface area contributed by atoms with Crippen molar-refractivity contribution in [2.24, 2.45) is 0 Å². The van der Waals surface area contributed by atoms with Gasteiger partial charge in [-0.1, -0.05) is 5.16 Å². The van der Waals surface area contributed by atoms with Gasteiger partial charge in [0.05, 0.1) is 19.9 Å². The van der Waals surface area contributed by atoms with Gasteiger partial charge in [-0.2, -0.15) is 0 Å². The summed E-state index contributed by atoms with van der Waals surface area (Å²) >= 11 is 0. The highest BCUT2D eigenvalue weighted by molar-refractivity contribution is 5.95. The molecule has 0 saturated carbocycles. The minimum Gasteiger partial charge on any atom is -0.493 e. The fraction of sp³-hybridized carbons (Fsp3) is 0.231. The van der Waals surface area contributed by atoms with Crippen LogP contribution in [0.1, 0.15) is 16.1 Å². The zero-order valence-corrected chi connectivity index (χ0v) is 10.8. The van der Waals surface area contributed by atoms with Crippen molar-refractivity contribution in [1.82, 2.24) is 5.16 Å². The van der Waals surface area contributed by atoms with Crippen molar-refractivity contribution >= 4 is 5.97 Å². The maximum Gasteiger partial charge on any atom is 0.341 e. The second-order valence-electron chi connectivity index (χ2n) is 3.85. The Morgan fingerprint density at radius 3 is 2.53 bits per heavy atom. The molecule has 100 valence electrons. The number of methoxy groups -OCH3 is 2. The maximum absolute atomic E-state index is 11.2. The van der Waals surface area contributed by atoms with Crippen LogP contribution in [-0.2, 0) is 0 Å². The number of nitrogens with zero attached hydrogens (tertiary/aromatic N) is 1. The van der Waals surface area contributed by atoms with Crippen molar-refractivity contribution in [3.05, 3.63) is 29.5 Å². The van der Waals surface area contributed by atoms with Crippen molar-refractivity contribution in [3.63, 3.8) is 0 Å². The fourth-order valence-electron chi connectivity index (χ4n) is 1.80. The number of aryl methyl sites for hydroxylation is 1. The zero-order valence-electron chi connectivity index (χ0n) is 10.8. The van der Waals surface area contributed by atoms with E-state index in [1.165, 1.54) is 14.2 Å². The molecule has 1 aromatic carbocycles. The Bertz CT molecular complexity index is 617. The molecule has 0 amide bonds. The molecule has 0 aliphatic rings. The summed E-state index contributed by atoms with van der Waals surface area (Å²) in [6, 6.07) is 5.01. The largest absolute Gasteiger partial charge is 0.493 e. The summed E-state index contributed by atoms with van der Waals surface area (Å²) in [6.45, 7) is 1.58. The first-order valence-corrected chi connectivity index (χ1v) is 5.50. The molecule has 2 aromatic rings. The van der Waals surface area contributed by atoms with E-state index in [1.54, 1.807) is 25.1 Å². The van der Waals surface area contributed by atoms with E-state index in [9.17, 15) is 4.79 Å². The van der Waals surface area contributed by atoms with Crippen LogP contribution in [0.2, 0.25) is 0 Å². The van der Waals surface area contributed by atoms with Crippen molar-refractivity contribution in [2.75, 3.05) is 14.2 Å². The lowest BCUT2D eigenvalue weighted by atomic mass is 10.1. The van der Waals surface area contributed by atoms with E-state index in [0.717, 1.165) is 0 Å². The number of carboxylic acid groups (broad SMARTS) is 1. The summed E-state index contributed by atoms with van der Waals surface area (Å²) in [5, 5.41) is 12.9. The summed E-state index contributed by atoms with van der Waals surface area (Å²) < 4.78 is 15.4. The third kappa shape index (κ3) is 2.24. The Balaban J connectivity index is 2.57. The van der Waals surface area contributed by atoms with Gasteiger partial charge in [0.2, 0.25) is 0 Å². The van der Waals surface area contributed by atoms with Gasteiger partial charge in [0.15, 0.2) is 17.3 Å². The number of carboxylic acids is 1. The van der Waals surface area contributed by atoms with Gasteiger partial charge < -0.3 is 19.1 Å². The lowest BCUT2D eigenvalue weighted by Gasteiger charge is -2.08. The summed E-state index contributed by atoms with van der Waals surface area (Å²) in [5.74, 6) is 0.166. The second-order valence-corrected chi connectivity index (χ2v) is 3.85. The molecule has 6 nitrogen and oxygen atoms in total. The van der Waals surface area contributed by atoms with Gasteiger partial charge in [-0.15, -0.1) is 0 Å². The van der Waals surface area contributed by atoms with Crippen LogP contribution in [0.5, 0.6) is 11.5 Å². The maximum atomic E-state index is 11.2. The molecule has 0 atom stereocenters. The Morgan fingerprint density at radius 1 is 1.26 bits per heavy atom. The number of benzene rings is 1. The van der Waals surface area contributed by atoms with E-state index >= 15 is 0 Å². The third-order valence-corrected chi connectivity index (χ3v) is 2.72. The van der Waals surface area contributed by atoms with Gasteiger partial charge in [-0.3, -0.25) is 0 Å². The van der Waals surface area contributed by atoms with E-state index in [0.29, 0.717) is 22.8 Å². The van der Waals surface area contributed by atoms with Crippen molar-refractivity contribution in [3.8, 4) is 22.8 Å². The smallest absolute Gasteiger partial charge is 0.341 e. The summed E-state index contributed by atoms with van der Waals surface area (Å²) in [7, 11) is 3.03. The van der Waals surface area contributed by atoms with Crippen LogP contribution in [0.4, 0.5) is 0 Å². The Labute approximate surface area is 109 Å². The molecule has 1 heterocycles. The molecule has 0 aliphatic carbocycles. The van der Waals surface area contributed by atoms with E-state index in [1.807, 2.05) is 0 Å². The fourth-order valence-corrected chi connectivity index (χ4v) is 1.80. The lowest BCUT2D eigenvalue weighted by molar-refractivity contribution is 0.0696. The van der Waals surface area contributed by atoms with E-state index in [2.05, 4.69) is 5.16 Å². The minimum absolute atomic E-state index is 0.0484. The van der Waals surface area contributed by atoms with Crippen LogP contribution < -0.4 is 9.47 Å². The molecule has 1 aromatic heterocycles. The highest BCUT2D eigenvalue weighted by Gasteiger charge is 2.22. The number of hydrogen-bond acceptors (Lipinski definition) is 5. The van der Waals surface area contributed by atoms with Gasteiger partial charge in [-0.05, 0) is 25.1 Å². The third-order valence-electron chi connectivity index (χ3n) is 2.72. The van der Waals surface area contributed by atoms with Crippen LogP contribution in [0.25, 0.3) is 11.3 Å². The number of aromatic carboxylic acids is 1. The van der Waals surface area contributed by atoms with Gasteiger partial charge >= 0.3 is 5.97 Å². The standard InChI is InChI=1S/C13H13NO5/c1-7-11(13(15)16)12(19-14-7)8-4-5-9(17-2)10(6-8)18-3/h4-6H,1-3H3,(H,15,16). The number of hydrogen-bond donors (Lipinski definition) is 1. The first-order valence-electron chi connectivity index (χ1n) is 5.50. The molecule has 0 fully saturated rings. The van der Waals surface area contributed by atoms with E-state index in [-0.39, 0.29) is 11.3 Å². The van der Waals surface area contributed by atoms with Gasteiger partial charge in [0.1, 0.15) is 5.56 Å². The van der Waals surface area contributed by atoms with Crippen molar-refractivity contribution < 1.29 is 23.9 Å². The van der Waals surface area contributed by atoms with E-state index < -0.39 is 5.97 Å². The first-order chi connectivity index (χ1) is 9.08. The molecule has 0 saturated heterocycles. The predicted molar refractivity (Wildman–Crippen MR) is 66.7 cm³/mol. The molecular formula is C13H13NO5. The van der Waals surface area contributed by atoms with Crippen LogP contribution >= 0.6 is 0 Å². The molecule has 2 rings (SSSR count). The molecule has 19 heavy (non-hydrogen) atoms. The Hall–Kier alpha value is -2.50. The summed E-state index contributed by atoms with van der Waals surface area (Å²) in [5.41, 5.74) is 0.945. The molecule has 6 heteroatoms. The van der Waals surface area contributed by atoms with Crippen molar-refractivity contribution in [1.29, 1.82) is 0 Å². The zero-order chi connectivity index (χ0) is 14.0. The molecule has 0 unspecified atom stereocenters. The van der Waals surface area contributed by atoms with Gasteiger partial charge in [0, 0.05) is 5.56 Å². The first kappa shape index (κ1) is 12.9. The molecule has 1 N–H and O–H groups in total. The van der Waals surface area contributed by atoms with Gasteiger partial charge in [-0.25, -0.2) is 4.79 Å². The second kappa shape index (κ2) is 5.01. The van der Waals surface area contributed by atoms with Gasteiger partial charge in [0.25, 0.3) is 0 Å². The van der Waals surface area contributed by atoms with Crippen molar-refractivity contribution in [2.45, 2.75) is 6.92 Å². The number of carbonyl (C=O) groups is 1. The molecule has 0 bridgehead atoms. The molecule has 0 spiro atoms. The van der Waals surface area contributed by atoms with Crippen LogP contribution in [0.3, 0.4) is 0 Å². The quantitative estimate of drug-likeness (QED) is 0.911. The van der Waals surface area contributed by atoms with Crippen LogP contribution in [-0.4, -0.2) is 30.5 Å². The number of ether oxygens (including phenoxy) is 2. The number of aromatic nitrogens is 1. The van der Waals surface area contributed by atoms with E-state index in [4.69, 9.17) is 19.1 Å². The Morgan fingerprint density at radius 2 is 1.95 bits per heavy atom. The Kier molecular flexibility index (Phi) is 3.41.